The number of amides is 2. The number of hydrogen-bond donors (Lipinski definition) is 1. The zero-order valence-electron chi connectivity index (χ0n) is 19.3. The molecular weight excluding hydrogens is 444 g/mol. The van der Waals surface area contributed by atoms with Gasteiger partial charge in [0.25, 0.3) is 0 Å². The molecule has 176 valence electrons. The molecule has 2 N–H and O–H groups in total. The SMILES string of the molecule is C#Cc1ccc2cc(N(CCCCN3CCN(c4cccc5c4OCC5)CC3)C(N)=O)sc2c1. The van der Waals surface area contributed by atoms with Crippen molar-refractivity contribution in [2.75, 3.05) is 55.7 Å². The number of hydrogen-bond acceptors (Lipinski definition) is 5. The van der Waals surface area contributed by atoms with Gasteiger partial charge >= 0.3 is 6.03 Å². The van der Waals surface area contributed by atoms with E-state index >= 15 is 0 Å². The molecule has 0 radical (unpaired) electrons. The third-order valence-corrected chi connectivity index (χ3v) is 7.84. The molecule has 0 spiro atoms. The number of carbonyl (C=O) groups excluding carboxylic acids is 1. The molecule has 7 heteroatoms. The second kappa shape index (κ2) is 9.96. The van der Waals surface area contributed by atoms with Crippen LogP contribution in [0.2, 0.25) is 0 Å². The van der Waals surface area contributed by atoms with Crippen molar-refractivity contribution in [3.05, 3.63) is 53.6 Å². The van der Waals surface area contributed by atoms with Crippen LogP contribution in [0.25, 0.3) is 10.1 Å². The maximum absolute atomic E-state index is 12.1. The Hall–Kier alpha value is -3.21. The number of unbranched alkanes of at least 4 members (excludes halogenated alkanes) is 1. The largest absolute Gasteiger partial charge is 0.491 e. The highest BCUT2D eigenvalue weighted by Gasteiger charge is 2.23. The monoisotopic (exact) mass is 474 g/mol. The number of primary amides is 1. The molecule has 34 heavy (non-hydrogen) atoms. The summed E-state index contributed by atoms with van der Waals surface area (Å²) < 4.78 is 6.97. The van der Waals surface area contributed by atoms with E-state index in [1.807, 2.05) is 24.3 Å². The van der Waals surface area contributed by atoms with E-state index in [0.717, 1.165) is 85.0 Å². The zero-order valence-corrected chi connectivity index (χ0v) is 20.2. The van der Waals surface area contributed by atoms with Gasteiger partial charge in [-0.3, -0.25) is 9.80 Å². The first-order valence-electron chi connectivity index (χ1n) is 11.9. The molecule has 5 rings (SSSR count). The highest BCUT2D eigenvalue weighted by Crippen LogP contribution is 2.36. The lowest BCUT2D eigenvalue weighted by Gasteiger charge is -2.36. The van der Waals surface area contributed by atoms with Gasteiger partial charge in [0.15, 0.2) is 0 Å². The summed E-state index contributed by atoms with van der Waals surface area (Å²) in [7, 11) is 0. The van der Waals surface area contributed by atoms with Gasteiger partial charge in [0, 0.05) is 49.4 Å². The van der Waals surface area contributed by atoms with Crippen LogP contribution in [-0.2, 0) is 6.42 Å². The maximum atomic E-state index is 12.1. The zero-order chi connectivity index (χ0) is 23.5. The first-order valence-corrected chi connectivity index (χ1v) is 12.7. The number of piperazine rings is 1. The van der Waals surface area contributed by atoms with Gasteiger partial charge in [-0.1, -0.05) is 24.1 Å². The quantitative estimate of drug-likeness (QED) is 0.410. The molecule has 2 aliphatic heterocycles. The van der Waals surface area contributed by atoms with E-state index in [2.05, 4.69) is 33.9 Å². The standard InChI is InChI=1S/C27H30N4O2S/c1-2-20-8-9-22-19-25(34-24(22)18-20)31(27(28)32)12-4-3-11-29-13-15-30(16-14-29)23-7-5-6-21-10-17-33-26(21)23/h1,5-9,18-19H,3-4,10-17H2,(H2,28,32). The lowest BCUT2D eigenvalue weighted by molar-refractivity contribution is 0.248. The number of urea groups is 1. The first kappa shape index (κ1) is 22.6. The van der Waals surface area contributed by atoms with Crippen molar-refractivity contribution in [1.29, 1.82) is 0 Å². The second-order valence-corrected chi connectivity index (χ2v) is 9.93. The fraction of sp³-hybridized carbons (Fsp3) is 0.370. The summed E-state index contributed by atoms with van der Waals surface area (Å²) in [6.07, 6.45) is 8.46. The predicted molar refractivity (Wildman–Crippen MR) is 140 cm³/mol. The summed E-state index contributed by atoms with van der Waals surface area (Å²) >= 11 is 1.56. The first-order chi connectivity index (χ1) is 16.6. The number of ether oxygens (including phenoxy) is 1. The van der Waals surface area contributed by atoms with Gasteiger partial charge in [0.2, 0.25) is 0 Å². The van der Waals surface area contributed by atoms with Crippen LogP contribution in [0.4, 0.5) is 15.5 Å². The molecule has 0 bridgehead atoms. The summed E-state index contributed by atoms with van der Waals surface area (Å²) in [5, 5.41) is 1.96. The van der Waals surface area contributed by atoms with Crippen LogP contribution < -0.4 is 20.3 Å². The molecule has 0 atom stereocenters. The molecule has 1 fully saturated rings. The Morgan fingerprint density at radius 2 is 2.00 bits per heavy atom. The van der Waals surface area contributed by atoms with Crippen molar-refractivity contribution in [2.24, 2.45) is 5.73 Å². The summed E-state index contributed by atoms with van der Waals surface area (Å²) in [5.41, 5.74) is 9.13. The molecule has 0 saturated carbocycles. The number of rotatable bonds is 7. The Balaban J connectivity index is 1.11. The van der Waals surface area contributed by atoms with Crippen LogP contribution in [0.1, 0.15) is 24.0 Å². The Kier molecular flexibility index (Phi) is 6.61. The third kappa shape index (κ3) is 4.70. The predicted octanol–water partition coefficient (Wildman–Crippen LogP) is 4.31. The van der Waals surface area contributed by atoms with Crippen molar-refractivity contribution in [3.63, 3.8) is 0 Å². The Morgan fingerprint density at radius 3 is 2.79 bits per heavy atom. The number of terminal acetylenes is 1. The average Bonchev–Trinajstić information content (AvgIpc) is 3.50. The molecule has 0 unspecified atom stereocenters. The number of carbonyl (C=O) groups is 1. The highest BCUT2D eigenvalue weighted by atomic mass is 32.1. The number of thiophene rings is 1. The van der Waals surface area contributed by atoms with Gasteiger partial charge in [-0.05, 0) is 54.6 Å². The van der Waals surface area contributed by atoms with Crippen molar-refractivity contribution in [3.8, 4) is 18.1 Å². The number of benzene rings is 2. The van der Waals surface area contributed by atoms with E-state index in [9.17, 15) is 4.79 Å². The molecule has 1 aromatic heterocycles. The molecule has 0 aliphatic carbocycles. The van der Waals surface area contributed by atoms with Crippen LogP contribution >= 0.6 is 11.3 Å². The maximum Gasteiger partial charge on any atom is 0.319 e. The fourth-order valence-electron chi connectivity index (χ4n) is 4.83. The minimum absolute atomic E-state index is 0.407. The van der Waals surface area contributed by atoms with Crippen LogP contribution in [0, 0.1) is 12.3 Å². The van der Waals surface area contributed by atoms with Crippen molar-refractivity contribution >= 4 is 38.1 Å². The van der Waals surface area contributed by atoms with Crippen LogP contribution in [0.5, 0.6) is 5.75 Å². The van der Waals surface area contributed by atoms with E-state index in [4.69, 9.17) is 16.9 Å². The number of nitrogens with two attached hydrogens (primary N) is 1. The van der Waals surface area contributed by atoms with Crippen molar-refractivity contribution in [2.45, 2.75) is 19.3 Å². The highest BCUT2D eigenvalue weighted by molar-refractivity contribution is 7.23. The van der Waals surface area contributed by atoms with Crippen LogP contribution in [0.15, 0.2) is 42.5 Å². The number of para-hydroxylation sites is 1. The summed E-state index contributed by atoms with van der Waals surface area (Å²) in [6, 6.07) is 14.0. The van der Waals surface area contributed by atoms with Crippen molar-refractivity contribution in [1.82, 2.24) is 4.90 Å². The molecule has 2 aromatic carbocycles. The topological polar surface area (TPSA) is 62.0 Å². The molecule has 6 nitrogen and oxygen atoms in total. The van der Waals surface area contributed by atoms with Gasteiger partial charge in [0.05, 0.1) is 12.3 Å². The smallest absolute Gasteiger partial charge is 0.319 e. The van der Waals surface area contributed by atoms with E-state index < -0.39 is 6.03 Å². The number of fused-ring (bicyclic) bond motifs is 2. The lowest BCUT2D eigenvalue weighted by Crippen LogP contribution is -2.46. The minimum Gasteiger partial charge on any atom is -0.491 e. The number of anilines is 2. The molecule has 1 saturated heterocycles. The van der Waals surface area contributed by atoms with Crippen LogP contribution in [0.3, 0.4) is 0 Å². The Morgan fingerprint density at radius 1 is 1.15 bits per heavy atom. The lowest BCUT2D eigenvalue weighted by atomic mass is 10.1. The van der Waals surface area contributed by atoms with Gasteiger partial charge in [-0.2, -0.15) is 0 Å². The fourth-order valence-corrected chi connectivity index (χ4v) is 5.97. The van der Waals surface area contributed by atoms with E-state index in [1.54, 1.807) is 16.2 Å². The normalized spacial score (nSPS) is 15.7. The van der Waals surface area contributed by atoms with Gasteiger partial charge in [0.1, 0.15) is 10.8 Å². The molecule has 2 amide bonds. The van der Waals surface area contributed by atoms with Gasteiger partial charge in [-0.25, -0.2) is 4.79 Å². The molecular formula is C27H30N4O2S. The average molecular weight is 475 g/mol. The van der Waals surface area contributed by atoms with Crippen LogP contribution in [-0.4, -0.2) is 56.8 Å². The Labute approximate surface area is 204 Å². The minimum atomic E-state index is -0.407. The summed E-state index contributed by atoms with van der Waals surface area (Å²) in [6.45, 7) is 6.54. The third-order valence-electron chi connectivity index (χ3n) is 6.72. The van der Waals surface area contributed by atoms with Crippen molar-refractivity contribution < 1.29 is 9.53 Å². The van der Waals surface area contributed by atoms with Gasteiger partial charge in [-0.15, -0.1) is 17.8 Å². The Bertz CT molecular complexity index is 1220. The molecule has 3 heterocycles. The summed E-state index contributed by atoms with van der Waals surface area (Å²) in [4.78, 5) is 18.8. The summed E-state index contributed by atoms with van der Waals surface area (Å²) in [5.74, 6) is 3.75. The molecule has 2 aliphatic rings. The second-order valence-electron chi connectivity index (χ2n) is 8.87. The molecule has 3 aromatic rings. The van der Waals surface area contributed by atoms with E-state index in [-0.39, 0.29) is 0 Å². The number of nitrogens with zero attached hydrogens (tertiary/aromatic N) is 3. The van der Waals surface area contributed by atoms with E-state index in [1.165, 1.54) is 11.3 Å². The van der Waals surface area contributed by atoms with E-state index in [0.29, 0.717) is 6.54 Å². The van der Waals surface area contributed by atoms with Gasteiger partial charge < -0.3 is 15.4 Å².